The molecule has 0 atom stereocenters. The first-order valence-electron chi connectivity index (χ1n) is 11.1. The largest absolute Gasteiger partial charge is 0.494 e. The molecule has 0 bridgehead atoms. The molecule has 4 rings (SSSR count). The fourth-order valence-electron chi connectivity index (χ4n) is 4.01. The number of sulfonamides is 1. The van der Waals surface area contributed by atoms with Crippen molar-refractivity contribution in [3.05, 3.63) is 35.5 Å². The summed E-state index contributed by atoms with van der Waals surface area (Å²) in [4.78, 5) is 13.9. The lowest BCUT2D eigenvalue weighted by Gasteiger charge is -2.35. The molecule has 174 valence electrons. The summed E-state index contributed by atoms with van der Waals surface area (Å²) in [6.07, 6.45) is 0. The number of rotatable bonds is 6. The minimum absolute atomic E-state index is 0.299. The smallest absolute Gasteiger partial charge is 0.243 e. The molecule has 0 radical (unpaired) electrons. The minimum atomic E-state index is -3.57. The zero-order valence-electron chi connectivity index (χ0n) is 19.0. The third kappa shape index (κ3) is 4.82. The highest BCUT2D eigenvalue weighted by molar-refractivity contribution is 7.89. The Morgan fingerprint density at radius 1 is 0.969 bits per heavy atom. The second-order valence-electron chi connectivity index (χ2n) is 8.02. The second-order valence-corrected chi connectivity index (χ2v) is 9.96. The Labute approximate surface area is 190 Å². The number of morpholine rings is 1. The molecule has 2 aliphatic rings. The number of hydrogen-bond donors (Lipinski definition) is 0. The van der Waals surface area contributed by atoms with Crippen LogP contribution in [0, 0.1) is 13.8 Å². The van der Waals surface area contributed by atoms with E-state index in [0.717, 1.165) is 30.2 Å². The lowest BCUT2D eigenvalue weighted by Crippen LogP contribution is -2.49. The number of piperazine rings is 1. The van der Waals surface area contributed by atoms with Gasteiger partial charge in [0, 0.05) is 51.0 Å². The molecule has 2 saturated heterocycles. The highest BCUT2D eigenvalue weighted by Crippen LogP contribution is 2.26. The van der Waals surface area contributed by atoms with Crippen molar-refractivity contribution in [1.82, 2.24) is 14.3 Å². The van der Waals surface area contributed by atoms with Crippen LogP contribution in [0.1, 0.15) is 18.2 Å². The van der Waals surface area contributed by atoms with Gasteiger partial charge in [0.05, 0.1) is 24.7 Å². The molecule has 2 aromatic rings. The topological polar surface area (TPSA) is 88.1 Å². The molecule has 0 amide bonds. The fourth-order valence-corrected chi connectivity index (χ4v) is 5.52. The molecule has 0 saturated carbocycles. The average molecular weight is 462 g/mol. The number of hydrogen-bond acceptors (Lipinski definition) is 8. The first-order chi connectivity index (χ1) is 15.4. The summed E-state index contributed by atoms with van der Waals surface area (Å²) >= 11 is 0. The maximum atomic E-state index is 13.2. The summed E-state index contributed by atoms with van der Waals surface area (Å²) in [7, 11) is -3.57. The average Bonchev–Trinajstić information content (AvgIpc) is 2.81. The Hall–Kier alpha value is -2.43. The van der Waals surface area contributed by atoms with Gasteiger partial charge in [-0.25, -0.2) is 13.4 Å². The van der Waals surface area contributed by atoms with E-state index in [1.165, 1.54) is 4.31 Å². The van der Waals surface area contributed by atoms with E-state index in [-0.39, 0.29) is 0 Å². The van der Waals surface area contributed by atoms with Crippen molar-refractivity contribution < 1.29 is 17.9 Å². The molecule has 1 aromatic heterocycles. The van der Waals surface area contributed by atoms with Crippen LogP contribution < -0.4 is 14.5 Å². The Kier molecular flexibility index (Phi) is 6.82. The summed E-state index contributed by atoms with van der Waals surface area (Å²) in [5, 5.41) is 0. The number of aryl methyl sites for hydroxylation is 2. The SMILES string of the molecule is CCOc1ccc(S(=O)(=O)N2CCN(c3nc(C)cc(N4CCOCC4)n3)CC2)cc1C. The first-order valence-corrected chi connectivity index (χ1v) is 12.5. The van der Waals surface area contributed by atoms with Gasteiger partial charge in [-0.15, -0.1) is 0 Å². The van der Waals surface area contributed by atoms with Gasteiger partial charge in [0.2, 0.25) is 16.0 Å². The number of benzene rings is 1. The predicted octanol–water partition coefficient (Wildman–Crippen LogP) is 1.84. The number of ether oxygens (including phenoxy) is 2. The van der Waals surface area contributed by atoms with E-state index >= 15 is 0 Å². The van der Waals surface area contributed by atoms with E-state index in [1.54, 1.807) is 18.2 Å². The number of aromatic nitrogens is 2. The predicted molar refractivity (Wildman–Crippen MR) is 123 cm³/mol. The molecule has 10 heteroatoms. The fraction of sp³-hybridized carbons (Fsp3) is 0.545. The van der Waals surface area contributed by atoms with Crippen LogP contribution in [0.15, 0.2) is 29.2 Å². The summed E-state index contributed by atoms with van der Waals surface area (Å²) in [6.45, 7) is 11.1. The van der Waals surface area contributed by atoms with Gasteiger partial charge >= 0.3 is 0 Å². The molecule has 0 spiro atoms. The van der Waals surface area contributed by atoms with Crippen LogP contribution in [-0.2, 0) is 14.8 Å². The van der Waals surface area contributed by atoms with E-state index in [4.69, 9.17) is 14.5 Å². The van der Waals surface area contributed by atoms with Crippen molar-refractivity contribution in [2.45, 2.75) is 25.7 Å². The van der Waals surface area contributed by atoms with Gasteiger partial charge < -0.3 is 19.3 Å². The van der Waals surface area contributed by atoms with Crippen LogP contribution in [0.25, 0.3) is 0 Å². The van der Waals surface area contributed by atoms with E-state index in [2.05, 4.69) is 14.8 Å². The van der Waals surface area contributed by atoms with Crippen LogP contribution in [0.3, 0.4) is 0 Å². The van der Waals surface area contributed by atoms with Gasteiger partial charge in [0.15, 0.2) is 0 Å². The van der Waals surface area contributed by atoms with Gasteiger partial charge in [-0.05, 0) is 44.5 Å². The van der Waals surface area contributed by atoms with Crippen LogP contribution in [-0.4, -0.2) is 81.8 Å². The highest BCUT2D eigenvalue weighted by Gasteiger charge is 2.30. The second kappa shape index (κ2) is 9.60. The molecule has 2 fully saturated rings. The van der Waals surface area contributed by atoms with Gasteiger partial charge in [-0.3, -0.25) is 0 Å². The van der Waals surface area contributed by atoms with Crippen LogP contribution in [0.2, 0.25) is 0 Å². The van der Waals surface area contributed by atoms with Crippen molar-refractivity contribution in [2.24, 2.45) is 0 Å². The number of nitrogens with zero attached hydrogens (tertiary/aromatic N) is 5. The molecule has 9 nitrogen and oxygen atoms in total. The molecular weight excluding hydrogens is 430 g/mol. The quantitative estimate of drug-likeness (QED) is 0.644. The minimum Gasteiger partial charge on any atom is -0.494 e. The maximum absolute atomic E-state index is 13.2. The van der Waals surface area contributed by atoms with Gasteiger partial charge in [-0.2, -0.15) is 9.29 Å². The Morgan fingerprint density at radius 2 is 1.69 bits per heavy atom. The number of anilines is 2. The van der Waals surface area contributed by atoms with Crippen molar-refractivity contribution in [3.63, 3.8) is 0 Å². The third-order valence-electron chi connectivity index (χ3n) is 5.77. The van der Waals surface area contributed by atoms with Crippen LogP contribution in [0.5, 0.6) is 5.75 Å². The molecule has 3 heterocycles. The van der Waals surface area contributed by atoms with Crippen molar-refractivity contribution in [2.75, 3.05) is 68.9 Å². The summed E-state index contributed by atoms with van der Waals surface area (Å²) in [6, 6.07) is 7.03. The van der Waals surface area contributed by atoms with Crippen LogP contribution >= 0.6 is 0 Å². The Bertz CT molecular complexity index is 1050. The lowest BCUT2D eigenvalue weighted by molar-refractivity contribution is 0.122. The van der Waals surface area contributed by atoms with Crippen molar-refractivity contribution >= 4 is 21.8 Å². The molecule has 1 aromatic carbocycles. The Morgan fingerprint density at radius 3 is 2.34 bits per heavy atom. The van der Waals surface area contributed by atoms with Gasteiger partial charge in [-0.1, -0.05) is 0 Å². The Balaban J connectivity index is 1.46. The third-order valence-corrected chi connectivity index (χ3v) is 7.66. The monoisotopic (exact) mass is 461 g/mol. The normalized spacial score (nSPS) is 18.1. The van der Waals surface area contributed by atoms with E-state index < -0.39 is 10.0 Å². The molecule has 0 unspecified atom stereocenters. The zero-order valence-corrected chi connectivity index (χ0v) is 19.8. The van der Waals surface area contributed by atoms with E-state index in [0.29, 0.717) is 62.6 Å². The maximum Gasteiger partial charge on any atom is 0.243 e. The van der Waals surface area contributed by atoms with Crippen molar-refractivity contribution in [3.8, 4) is 5.75 Å². The standard InChI is InChI=1S/C22H31N5O4S/c1-4-31-20-6-5-19(15-17(20)2)32(28,29)27-9-7-26(8-10-27)22-23-18(3)16-21(24-22)25-11-13-30-14-12-25/h5-6,15-16H,4,7-14H2,1-3H3. The summed E-state index contributed by atoms with van der Waals surface area (Å²) in [5.74, 6) is 2.26. The molecule has 2 aliphatic heterocycles. The van der Waals surface area contributed by atoms with Gasteiger partial charge in [0.1, 0.15) is 11.6 Å². The highest BCUT2D eigenvalue weighted by atomic mass is 32.2. The van der Waals surface area contributed by atoms with E-state index in [9.17, 15) is 8.42 Å². The molecular formula is C22H31N5O4S. The first kappa shape index (κ1) is 22.8. The molecule has 0 aliphatic carbocycles. The van der Waals surface area contributed by atoms with Crippen LogP contribution in [0.4, 0.5) is 11.8 Å². The molecule has 32 heavy (non-hydrogen) atoms. The van der Waals surface area contributed by atoms with E-state index in [1.807, 2.05) is 26.8 Å². The van der Waals surface area contributed by atoms with Crippen molar-refractivity contribution in [1.29, 1.82) is 0 Å². The van der Waals surface area contributed by atoms with Gasteiger partial charge in [0.25, 0.3) is 0 Å². The summed E-state index contributed by atoms with van der Waals surface area (Å²) < 4.78 is 38.9. The zero-order chi connectivity index (χ0) is 22.7. The molecule has 0 N–H and O–H groups in total. The summed E-state index contributed by atoms with van der Waals surface area (Å²) in [5.41, 5.74) is 1.71. The lowest BCUT2D eigenvalue weighted by atomic mass is 10.2.